The molecule has 36 heavy (non-hydrogen) atoms. The molecular weight excluding hydrogens is 470 g/mol. The number of allylic oxidation sites excluding steroid dienone is 1. The summed E-state index contributed by atoms with van der Waals surface area (Å²) in [6.07, 6.45) is 1.29. The van der Waals surface area contributed by atoms with E-state index in [4.69, 9.17) is 15.2 Å². The fourth-order valence-corrected chi connectivity index (χ4v) is 3.94. The average Bonchev–Trinajstić information content (AvgIpc) is 3.47. The first-order valence-electron chi connectivity index (χ1n) is 10.3. The van der Waals surface area contributed by atoms with Crippen LogP contribution in [0, 0.1) is 11.3 Å². The van der Waals surface area contributed by atoms with Crippen LogP contribution in [0.15, 0.2) is 77.5 Å². The van der Waals surface area contributed by atoms with E-state index in [0.29, 0.717) is 11.3 Å². The number of tetrazole rings is 1. The van der Waals surface area contributed by atoms with Crippen LogP contribution in [0.5, 0.6) is 5.75 Å². The van der Waals surface area contributed by atoms with Crippen molar-refractivity contribution in [2.75, 3.05) is 19.1 Å². The van der Waals surface area contributed by atoms with Gasteiger partial charge in [0.05, 0.1) is 48.7 Å². The third-order valence-corrected chi connectivity index (χ3v) is 5.46. The lowest BCUT2D eigenvalue weighted by Crippen LogP contribution is -2.40. The summed E-state index contributed by atoms with van der Waals surface area (Å²) in [6.45, 7) is 0. The quantitative estimate of drug-likeness (QED) is 0.289. The van der Waals surface area contributed by atoms with E-state index < -0.39 is 17.9 Å². The van der Waals surface area contributed by atoms with Crippen molar-refractivity contribution in [3.05, 3.63) is 83.1 Å². The highest BCUT2D eigenvalue weighted by Gasteiger charge is 2.43. The summed E-state index contributed by atoms with van der Waals surface area (Å²) in [6, 6.07) is 14.9. The molecule has 1 aliphatic rings. The molecule has 182 valence electrons. The molecule has 0 saturated heterocycles. The molecular formula is C23H19N7O6. The van der Waals surface area contributed by atoms with Crippen LogP contribution in [0.1, 0.15) is 11.5 Å². The topological polar surface area (TPSA) is 179 Å². The molecule has 2 aromatic carbocycles. The van der Waals surface area contributed by atoms with Gasteiger partial charge in [0.2, 0.25) is 0 Å². The molecule has 0 bridgehead atoms. The van der Waals surface area contributed by atoms with E-state index in [1.807, 2.05) is 0 Å². The minimum absolute atomic E-state index is 0.0199. The number of ether oxygens (including phenoxy) is 2. The third kappa shape index (κ3) is 4.08. The summed E-state index contributed by atoms with van der Waals surface area (Å²) in [5.41, 5.74) is 6.97. The average molecular weight is 489 g/mol. The largest absolute Gasteiger partial charge is 0.466 e. The second kappa shape index (κ2) is 9.95. The number of rotatable bonds is 6. The number of nitrogens with zero attached hydrogens (tertiary/aromatic N) is 6. The highest BCUT2D eigenvalue weighted by molar-refractivity contribution is 6.06. The van der Waals surface area contributed by atoms with E-state index in [2.05, 4.69) is 26.5 Å². The third-order valence-electron chi connectivity index (χ3n) is 5.46. The number of anilines is 1. The highest BCUT2D eigenvalue weighted by atomic mass is 17.1. The Morgan fingerprint density at radius 3 is 2.36 bits per heavy atom. The van der Waals surface area contributed by atoms with Gasteiger partial charge in [-0.05, 0) is 22.1 Å². The number of carbonyl (C=O) groups excluding carboxylic acids is 2. The minimum atomic E-state index is -1.02. The molecule has 0 spiro atoms. The number of benzene rings is 2. The van der Waals surface area contributed by atoms with Crippen molar-refractivity contribution >= 4 is 17.6 Å². The number of nitriles is 1. The Bertz CT molecular complexity index is 1410. The van der Waals surface area contributed by atoms with Gasteiger partial charge in [-0.3, -0.25) is 4.90 Å². The van der Waals surface area contributed by atoms with Gasteiger partial charge in [-0.25, -0.2) is 19.5 Å². The van der Waals surface area contributed by atoms with Gasteiger partial charge in [0.25, 0.3) is 0 Å². The smallest absolute Gasteiger partial charge is 0.355 e. The molecule has 0 radical (unpaired) electrons. The molecule has 1 aromatic heterocycles. The lowest BCUT2D eigenvalue weighted by molar-refractivity contribution is -0.139. The Labute approximate surface area is 204 Å². The van der Waals surface area contributed by atoms with Crippen LogP contribution in [0.25, 0.3) is 5.69 Å². The van der Waals surface area contributed by atoms with Crippen molar-refractivity contribution < 1.29 is 29.2 Å². The fraction of sp³-hybridized carbons (Fsp3) is 0.130. The summed E-state index contributed by atoms with van der Waals surface area (Å²) in [4.78, 5) is 31.9. The highest BCUT2D eigenvalue weighted by Crippen LogP contribution is 2.44. The molecule has 4 rings (SSSR count). The first kappa shape index (κ1) is 23.9. The zero-order valence-corrected chi connectivity index (χ0v) is 19.0. The second-order valence-electron chi connectivity index (χ2n) is 7.37. The molecule has 0 amide bonds. The van der Waals surface area contributed by atoms with Crippen LogP contribution in [0.4, 0.5) is 5.69 Å². The van der Waals surface area contributed by atoms with E-state index in [0.717, 1.165) is 19.1 Å². The Morgan fingerprint density at radius 1 is 1.08 bits per heavy atom. The molecule has 2 heterocycles. The Balaban J connectivity index is 2.06. The van der Waals surface area contributed by atoms with Crippen LogP contribution in [0.2, 0.25) is 0 Å². The van der Waals surface area contributed by atoms with Crippen LogP contribution >= 0.6 is 0 Å². The van der Waals surface area contributed by atoms with E-state index in [-0.39, 0.29) is 34.1 Å². The zero-order chi connectivity index (χ0) is 25.8. The molecule has 0 saturated carbocycles. The summed E-state index contributed by atoms with van der Waals surface area (Å²) in [7, 11) is 2.29. The van der Waals surface area contributed by atoms with Gasteiger partial charge >= 0.3 is 11.9 Å². The van der Waals surface area contributed by atoms with Gasteiger partial charge in [-0.15, -0.1) is 5.10 Å². The summed E-state index contributed by atoms with van der Waals surface area (Å²) in [5.74, 6) is -3.04. The van der Waals surface area contributed by atoms with Gasteiger partial charge in [0, 0.05) is 12.1 Å². The van der Waals surface area contributed by atoms with E-state index in [9.17, 15) is 20.1 Å². The number of methoxy groups -OCH3 is 2. The van der Waals surface area contributed by atoms with Crippen molar-refractivity contribution in [1.29, 1.82) is 5.26 Å². The SMILES string of the molecule is COC(=O)C1=C(C(=O)OC)N(c2cc(OO)cc(-n3cnnn3)c2)C(N)=C(C#N)C1c1ccccc1. The predicted molar refractivity (Wildman–Crippen MR) is 122 cm³/mol. The van der Waals surface area contributed by atoms with Crippen molar-refractivity contribution in [3.63, 3.8) is 0 Å². The molecule has 1 unspecified atom stereocenters. The molecule has 3 N–H and O–H groups in total. The molecule has 13 nitrogen and oxygen atoms in total. The lowest BCUT2D eigenvalue weighted by atomic mass is 9.81. The molecule has 13 heteroatoms. The second-order valence-corrected chi connectivity index (χ2v) is 7.37. The normalized spacial score (nSPS) is 15.4. The number of nitrogens with two attached hydrogens (primary N) is 1. The molecule has 3 aromatic rings. The first-order chi connectivity index (χ1) is 17.4. The van der Waals surface area contributed by atoms with Crippen molar-refractivity contribution in [3.8, 4) is 17.5 Å². The van der Waals surface area contributed by atoms with Gasteiger partial charge in [-0.1, -0.05) is 30.3 Å². The number of aromatic nitrogens is 4. The Kier molecular flexibility index (Phi) is 6.61. The maximum Gasteiger partial charge on any atom is 0.355 e. The van der Waals surface area contributed by atoms with Gasteiger partial charge in [0.1, 0.15) is 17.8 Å². The van der Waals surface area contributed by atoms with Crippen molar-refractivity contribution in [2.45, 2.75) is 5.92 Å². The summed E-state index contributed by atoms with van der Waals surface area (Å²) in [5, 5.41) is 30.5. The number of esters is 2. The van der Waals surface area contributed by atoms with Crippen LogP contribution < -0.4 is 15.5 Å². The van der Waals surface area contributed by atoms with Crippen molar-refractivity contribution in [2.24, 2.45) is 5.73 Å². The standard InChI is InChI=1S/C23H19N7O6/c1-34-22(31)19-18(13-6-4-3-5-7-13)17(11-24)21(25)30(20(19)23(32)35-2)15-8-14(9-16(10-15)36-33)29-12-26-27-28-29/h3-10,12,18,33H,25H2,1-2H3. The number of carbonyl (C=O) groups is 2. The monoisotopic (exact) mass is 489 g/mol. The Morgan fingerprint density at radius 2 is 1.78 bits per heavy atom. The van der Waals surface area contributed by atoms with E-state index in [1.165, 1.54) is 29.2 Å². The minimum Gasteiger partial charge on any atom is -0.466 e. The van der Waals surface area contributed by atoms with Crippen LogP contribution in [-0.4, -0.2) is 51.6 Å². The molecule has 0 aliphatic carbocycles. The zero-order valence-electron chi connectivity index (χ0n) is 19.0. The van der Waals surface area contributed by atoms with Gasteiger partial charge in [0.15, 0.2) is 5.75 Å². The maximum absolute atomic E-state index is 13.2. The van der Waals surface area contributed by atoms with Crippen LogP contribution in [0.3, 0.4) is 0 Å². The summed E-state index contributed by atoms with van der Waals surface area (Å²) < 4.78 is 11.3. The van der Waals surface area contributed by atoms with Gasteiger partial charge in [-0.2, -0.15) is 5.26 Å². The molecule has 1 atom stereocenters. The summed E-state index contributed by atoms with van der Waals surface area (Å²) >= 11 is 0. The van der Waals surface area contributed by atoms with Crippen LogP contribution in [-0.2, 0) is 19.1 Å². The first-order valence-corrected chi connectivity index (χ1v) is 10.3. The van der Waals surface area contributed by atoms with E-state index in [1.54, 1.807) is 30.3 Å². The fourth-order valence-electron chi connectivity index (χ4n) is 3.94. The number of hydrogen-bond donors (Lipinski definition) is 2. The van der Waals surface area contributed by atoms with Gasteiger partial charge < -0.3 is 20.1 Å². The number of hydrogen-bond acceptors (Lipinski definition) is 12. The maximum atomic E-state index is 13.2. The predicted octanol–water partition coefficient (Wildman–Crippen LogP) is 1.41. The molecule has 1 aliphatic heterocycles. The lowest BCUT2D eigenvalue weighted by Gasteiger charge is -2.36. The Hall–Kier alpha value is -5.22. The molecule has 0 fully saturated rings. The van der Waals surface area contributed by atoms with E-state index >= 15 is 0 Å². The van der Waals surface area contributed by atoms with Crippen molar-refractivity contribution in [1.82, 2.24) is 20.2 Å².